The third-order valence-corrected chi connectivity index (χ3v) is 5.01. The van der Waals surface area contributed by atoms with Crippen molar-refractivity contribution < 1.29 is 0 Å². The van der Waals surface area contributed by atoms with E-state index in [9.17, 15) is 0 Å². The number of hydrogen-bond acceptors (Lipinski definition) is 2. The van der Waals surface area contributed by atoms with Crippen LogP contribution in [-0.2, 0) is 0 Å². The Morgan fingerprint density at radius 1 is 1.25 bits per heavy atom. The Hall–Kier alpha value is -1.01. The number of nitrogens with zero attached hydrogens (tertiary/aromatic N) is 2. The summed E-state index contributed by atoms with van der Waals surface area (Å²) in [5.41, 5.74) is 2.33. The van der Waals surface area contributed by atoms with Crippen LogP contribution in [-0.4, -0.2) is 13.1 Å². The van der Waals surface area contributed by atoms with Crippen molar-refractivity contribution in [3.8, 4) is 6.07 Å². The van der Waals surface area contributed by atoms with Gasteiger partial charge in [0.2, 0.25) is 0 Å². The van der Waals surface area contributed by atoms with Gasteiger partial charge in [0.25, 0.3) is 0 Å². The van der Waals surface area contributed by atoms with Crippen molar-refractivity contribution in [3.05, 3.63) is 28.2 Å². The highest BCUT2D eigenvalue weighted by Crippen LogP contribution is 2.36. The molecule has 1 aromatic carbocycles. The quantitative estimate of drug-likeness (QED) is 0.724. The molecule has 1 atom stereocenters. The molecule has 108 valence electrons. The van der Waals surface area contributed by atoms with E-state index in [0.29, 0.717) is 11.0 Å². The molecule has 0 aromatic heterocycles. The molecule has 0 aliphatic carbocycles. The van der Waals surface area contributed by atoms with Crippen molar-refractivity contribution in [1.82, 2.24) is 0 Å². The largest absolute Gasteiger partial charge is 0.371 e. The number of halogens is 1. The molecule has 1 unspecified atom stereocenters. The van der Waals surface area contributed by atoms with Gasteiger partial charge in [-0.2, -0.15) is 5.26 Å². The van der Waals surface area contributed by atoms with Gasteiger partial charge >= 0.3 is 0 Å². The Bertz CT molecular complexity index is 511. The van der Waals surface area contributed by atoms with Gasteiger partial charge in [-0.15, -0.1) is 0 Å². The lowest BCUT2D eigenvalue weighted by Crippen LogP contribution is -2.26. The van der Waals surface area contributed by atoms with E-state index in [1.807, 2.05) is 12.1 Å². The van der Waals surface area contributed by atoms with Gasteiger partial charge in [-0.25, -0.2) is 0 Å². The second kappa shape index (κ2) is 6.18. The standard InChI is InChI=1S/C17H23BrN2/c1-17(2,3)14-5-4-9-20(10-8-14)16-7-6-13(12-19)11-15(16)18/h6-7,11,14H,4-5,8-10H2,1-3H3. The normalized spacial score (nSPS) is 20.4. The zero-order valence-electron chi connectivity index (χ0n) is 12.6. The van der Waals surface area contributed by atoms with Gasteiger partial charge in [-0.05, 0) is 64.7 Å². The van der Waals surface area contributed by atoms with Gasteiger partial charge in [-0.3, -0.25) is 0 Å². The van der Waals surface area contributed by atoms with Gasteiger partial charge in [0, 0.05) is 17.6 Å². The minimum Gasteiger partial charge on any atom is -0.371 e. The van der Waals surface area contributed by atoms with E-state index in [1.165, 1.54) is 24.9 Å². The summed E-state index contributed by atoms with van der Waals surface area (Å²) in [6.07, 6.45) is 3.80. The molecule has 0 N–H and O–H groups in total. The number of benzene rings is 1. The smallest absolute Gasteiger partial charge is 0.0992 e. The number of rotatable bonds is 1. The van der Waals surface area contributed by atoms with Crippen molar-refractivity contribution in [1.29, 1.82) is 5.26 Å². The molecule has 1 fully saturated rings. The lowest BCUT2D eigenvalue weighted by molar-refractivity contribution is 0.220. The topological polar surface area (TPSA) is 27.0 Å². The fourth-order valence-electron chi connectivity index (χ4n) is 3.04. The van der Waals surface area contributed by atoms with Crippen LogP contribution in [0.25, 0.3) is 0 Å². The predicted molar refractivity (Wildman–Crippen MR) is 87.9 cm³/mol. The average molecular weight is 335 g/mol. The lowest BCUT2D eigenvalue weighted by atomic mass is 9.77. The number of anilines is 1. The van der Waals surface area contributed by atoms with Crippen molar-refractivity contribution in [3.63, 3.8) is 0 Å². The van der Waals surface area contributed by atoms with Crippen molar-refractivity contribution in [2.75, 3.05) is 18.0 Å². The van der Waals surface area contributed by atoms with Crippen LogP contribution < -0.4 is 4.90 Å². The third kappa shape index (κ3) is 3.55. The summed E-state index contributed by atoms with van der Waals surface area (Å²) >= 11 is 3.61. The fourth-order valence-corrected chi connectivity index (χ4v) is 3.67. The van der Waals surface area contributed by atoms with E-state index >= 15 is 0 Å². The molecule has 2 nitrogen and oxygen atoms in total. The maximum Gasteiger partial charge on any atom is 0.0992 e. The van der Waals surface area contributed by atoms with Gasteiger partial charge in [0.1, 0.15) is 0 Å². The van der Waals surface area contributed by atoms with Crippen molar-refractivity contribution >= 4 is 21.6 Å². The molecule has 1 aliphatic rings. The molecule has 0 saturated carbocycles. The molecule has 0 radical (unpaired) electrons. The second-order valence-corrected chi connectivity index (χ2v) is 7.61. The molecular formula is C17H23BrN2. The lowest BCUT2D eigenvalue weighted by Gasteiger charge is -2.30. The molecule has 0 spiro atoms. The van der Waals surface area contributed by atoms with Crippen LogP contribution in [0.5, 0.6) is 0 Å². The first kappa shape index (κ1) is 15.4. The van der Waals surface area contributed by atoms with E-state index < -0.39 is 0 Å². The highest BCUT2D eigenvalue weighted by Gasteiger charge is 2.27. The first-order valence-corrected chi connectivity index (χ1v) is 8.15. The van der Waals surface area contributed by atoms with E-state index in [1.54, 1.807) is 0 Å². The van der Waals surface area contributed by atoms with Crippen LogP contribution in [0.4, 0.5) is 5.69 Å². The third-order valence-electron chi connectivity index (χ3n) is 4.37. The molecule has 0 amide bonds. The molecule has 1 aromatic rings. The maximum atomic E-state index is 8.95. The molecule has 20 heavy (non-hydrogen) atoms. The summed E-state index contributed by atoms with van der Waals surface area (Å²) < 4.78 is 1.03. The summed E-state index contributed by atoms with van der Waals surface area (Å²) in [6.45, 7) is 9.27. The number of hydrogen-bond donors (Lipinski definition) is 0. The van der Waals surface area contributed by atoms with Crippen LogP contribution in [0.1, 0.15) is 45.6 Å². The summed E-state index contributed by atoms with van der Waals surface area (Å²) in [5.74, 6) is 0.796. The Labute approximate surface area is 130 Å². The van der Waals surface area contributed by atoms with Gasteiger partial charge in [0.15, 0.2) is 0 Å². The van der Waals surface area contributed by atoms with Crippen LogP contribution in [0.15, 0.2) is 22.7 Å². The molecule has 0 bridgehead atoms. The monoisotopic (exact) mass is 334 g/mol. The maximum absolute atomic E-state index is 8.95. The summed E-state index contributed by atoms with van der Waals surface area (Å²) in [6, 6.07) is 8.09. The van der Waals surface area contributed by atoms with Gasteiger partial charge < -0.3 is 4.90 Å². The predicted octanol–water partition coefficient (Wildman–Crippen LogP) is 4.97. The van der Waals surface area contributed by atoms with E-state index in [4.69, 9.17) is 5.26 Å². The summed E-state index contributed by atoms with van der Waals surface area (Å²) in [5, 5.41) is 8.95. The zero-order chi connectivity index (χ0) is 14.8. The second-order valence-electron chi connectivity index (χ2n) is 6.76. The van der Waals surface area contributed by atoms with Crippen LogP contribution in [0.2, 0.25) is 0 Å². The minimum absolute atomic E-state index is 0.401. The van der Waals surface area contributed by atoms with Crippen LogP contribution in [0.3, 0.4) is 0 Å². The van der Waals surface area contributed by atoms with Crippen molar-refractivity contribution in [2.45, 2.75) is 40.0 Å². The highest BCUT2D eigenvalue weighted by atomic mass is 79.9. The molecular weight excluding hydrogens is 312 g/mol. The van der Waals surface area contributed by atoms with E-state index in [0.717, 1.165) is 23.5 Å². The van der Waals surface area contributed by atoms with E-state index in [2.05, 4.69) is 53.7 Å². The van der Waals surface area contributed by atoms with Gasteiger partial charge in [-0.1, -0.05) is 20.8 Å². The molecule has 1 aliphatic heterocycles. The Morgan fingerprint density at radius 3 is 2.60 bits per heavy atom. The SMILES string of the molecule is CC(C)(C)C1CCCN(c2ccc(C#N)cc2Br)CC1. The van der Waals surface area contributed by atoms with Crippen LogP contribution >= 0.6 is 15.9 Å². The van der Waals surface area contributed by atoms with Gasteiger partial charge in [0.05, 0.1) is 17.3 Å². The Morgan fingerprint density at radius 2 is 2.00 bits per heavy atom. The van der Waals surface area contributed by atoms with E-state index in [-0.39, 0.29) is 0 Å². The highest BCUT2D eigenvalue weighted by molar-refractivity contribution is 9.10. The zero-order valence-corrected chi connectivity index (χ0v) is 14.2. The summed E-state index contributed by atoms with van der Waals surface area (Å²) in [4.78, 5) is 2.46. The van der Waals surface area contributed by atoms with Crippen LogP contribution in [0, 0.1) is 22.7 Å². The first-order chi connectivity index (χ1) is 9.41. The molecule has 3 heteroatoms. The first-order valence-electron chi connectivity index (χ1n) is 7.36. The fraction of sp³-hybridized carbons (Fsp3) is 0.588. The molecule has 1 heterocycles. The molecule has 2 rings (SSSR count). The average Bonchev–Trinajstić information content (AvgIpc) is 2.63. The Balaban J connectivity index is 2.13. The summed E-state index contributed by atoms with van der Waals surface area (Å²) in [7, 11) is 0. The number of nitriles is 1. The van der Waals surface area contributed by atoms with Crippen molar-refractivity contribution in [2.24, 2.45) is 11.3 Å². The minimum atomic E-state index is 0.401. The Kier molecular flexibility index (Phi) is 4.75. The molecule has 1 saturated heterocycles.